The monoisotopic (exact) mass is 1050 g/mol. The number of aliphatic hydroxyl groups is 2. The van der Waals surface area contributed by atoms with E-state index >= 15 is 0 Å². The maximum atomic E-state index is 14.1. The molecule has 6 aromatic rings. The predicted octanol–water partition coefficient (Wildman–Crippen LogP) is 3.24. The van der Waals surface area contributed by atoms with E-state index in [0.29, 0.717) is 37.8 Å². The van der Waals surface area contributed by atoms with Crippen molar-refractivity contribution in [1.82, 2.24) is 40.9 Å². The van der Waals surface area contributed by atoms with Gasteiger partial charge in [-0.3, -0.25) is 9.59 Å². The minimum absolute atomic E-state index is 0.0338. The molecule has 2 amide bonds. The zero-order valence-electron chi connectivity index (χ0n) is 35.4. The normalized spacial score (nSPS) is 12.4. The Labute approximate surface area is 403 Å². The van der Waals surface area contributed by atoms with Crippen LogP contribution in [0.15, 0.2) is 102 Å². The third-order valence-electron chi connectivity index (χ3n) is 9.27. The van der Waals surface area contributed by atoms with Crippen molar-refractivity contribution < 1.29 is 68.5 Å². The summed E-state index contributed by atoms with van der Waals surface area (Å²) in [6, 6.07) is 20.7. The number of aromatic nitrogens is 6. The fourth-order valence-electron chi connectivity index (χ4n) is 6.04. The van der Waals surface area contributed by atoms with Gasteiger partial charge < -0.3 is 51.2 Å². The van der Waals surface area contributed by atoms with E-state index in [-0.39, 0.29) is 47.7 Å². The van der Waals surface area contributed by atoms with Crippen molar-refractivity contribution in [2.75, 3.05) is 6.61 Å². The minimum Gasteiger partial charge on any atom is -0.479 e. The van der Waals surface area contributed by atoms with Crippen LogP contribution in [0.1, 0.15) is 51.9 Å². The maximum absolute atomic E-state index is 14.1. The zero-order valence-corrected chi connectivity index (χ0v) is 38.5. The van der Waals surface area contributed by atoms with E-state index in [1.165, 1.54) is 30.3 Å². The maximum Gasteiger partial charge on any atom is 0.491 e. The van der Waals surface area contributed by atoms with Gasteiger partial charge in [-0.25, -0.2) is 18.4 Å². The number of nitrogens with zero attached hydrogens (tertiary/aromatic N) is 6. The topological polar surface area (TPSA) is 305 Å². The van der Waals surface area contributed by atoms with Crippen LogP contribution in [-0.4, -0.2) is 128 Å². The Morgan fingerprint density at radius 1 is 0.735 bits per heavy atom. The molecule has 4 aromatic carbocycles. The lowest BCUT2D eigenvalue weighted by molar-refractivity contribution is -0.153. The highest BCUT2D eigenvalue weighted by molar-refractivity contribution is 9.10. The van der Waals surface area contributed by atoms with Gasteiger partial charge in [-0.15, -0.1) is 10.2 Å². The van der Waals surface area contributed by atoms with Crippen LogP contribution in [0.5, 0.6) is 0 Å². The number of ether oxygens (including phenoxy) is 1. The summed E-state index contributed by atoms with van der Waals surface area (Å²) in [4.78, 5) is 48.1. The molecule has 0 unspecified atom stereocenters. The summed E-state index contributed by atoms with van der Waals surface area (Å²) >= 11 is 14.8. The van der Waals surface area contributed by atoms with Crippen molar-refractivity contribution in [3.05, 3.63) is 146 Å². The van der Waals surface area contributed by atoms with Gasteiger partial charge in [-0.2, -0.15) is 0 Å². The van der Waals surface area contributed by atoms with E-state index < -0.39 is 66.8 Å². The van der Waals surface area contributed by atoms with Crippen molar-refractivity contribution in [3.8, 4) is 11.1 Å². The Kier molecular flexibility index (Phi) is 20.8. The SMILES string of the molecule is CCOC(=O)[C@H](O)C[C@@H](Cc1ccc(Br)cc1)NC(=O)c1cn(O)nn1.O=C(N[C@H](Cc1ccc(-c2cc(Cl)ccc2F)cc1)C[C@@H](O)C(=O)O)c1cn(O)nn1.OB(O)c1cc(Cl)ccc1F. The second-order valence-electron chi connectivity index (χ2n) is 14.4. The molecule has 4 atom stereocenters. The van der Waals surface area contributed by atoms with Crippen molar-refractivity contribution in [3.63, 3.8) is 0 Å². The number of esters is 1. The van der Waals surface area contributed by atoms with E-state index in [1.54, 1.807) is 31.2 Å². The first kappa shape index (κ1) is 54.1. The highest BCUT2D eigenvalue weighted by atomic mass is 79.9. The molecular weight excluding hydrogens is 1010 g/mol. The molecule has 0 saturated heterocycles. The van der Waals surface area contributed by atoms with Gasteiger partial charge >= 0.3 is 19.1 Å². The summed E-state index contributed by atoms with van der Waals surface area (Å²) in [5, 5.41) is 83.7. The number of carbonyl (C=O) groups is 4. The molecule has 6 rings (SSSR count). The van der Waals surface area contributed by atoms with Crippen LogP contribution in [0.25, 0.3) is 11.1 Å². The fourth-order valence-corrected chi connectivity index (χ4v) is 6.66. The lowest BCUT2D eigenvalue weighted by Crippen LogP contribution is -2.41. The van der Waals surface area contributed by atoms with Gasteiger partial charge in [0.1, 0.15) is 11.6 Å². The average Bonchev–Trinajstić information content (AvgIpc) is 3.95. The molecule has 2 heterocycles. The fraction of sp³-hybridized carbons (Fsp3) is 0.238. The van der Waals surface area contributed by atoms with Crippen molar-refractivity contribution in [1.29, 1.82) is 0 Å². The first-order valence-electron chi connectivity index (χ1n) is 19.9. The quantitative estimate of drug-likeness (QED) is 0.0360. The molecule has 0 bridgehead atoms. The van der Waals surface area contributed by atoms with Gasteiger partial charge in [0.25, 0.3) is 11.8 Å². The summed E-state index contributed by atoms with van der Waals surface area (Å²) < 4.78 is 32.4. The van der Waals surface area contributed by atoms with E-state index in [1.807, 2.05) is 24.3 Å². The number of benzene rings is 4. The van der Waals surface area contributed by atoms with Crippen LogP contribution >= 0.6 is 39.1 Å². The molecule has 0 aliphatic rings. The Hall–Kier alpha value is -6.54. The zero-order chi connectivity index (χ0) is 50.1. The lowest BCUT2D eigenvalue weighted by Gasteiger charge is -2.21. The third-order valence-corrected chi connectivity index (χ3v) is 10.3. The second kappa shape index (κ2) is 26.1. The van der Waals surface area contributed by atoms with E-state index in [9.17, 15) is 38.2 Å². The Balaban J connectivity index is 0.000000245. The summed E-state index contributed by atoms with van der Waals surface area (Å²) in [6.07, 6.45) is -0.776. The van der Waals surface area contributed by atoms with Crippen LogP contribution in [-0.2, 0) is 27.2 Å². The molecule has 20 nitrogen and oxygen atoms in total. The van der Waals surface area contributed by atoms with Gasteiger partial charge in [-0.1, -0.05) is 85.2 Å². The van der Waals surface area contributed by atoms with Gasteiger partial charge in [0, 0.05) is 50.5 Å². The van der Waals surface area contributed by atoms with Gasteiger partial charge in [-0.05, 0) is 95.4 Å². The number of nitrogens with one attached hydrogen (secondary N) is 2. The van der Waals surface area contributed by atoms with Gasteiger partial charge in [0.05, 0.1) is 19.0 Å². The number of aliphatic hydroxyl groups excluding tert-OH is 2. The number of halogens is 5. The van der Waals surface area contributed by atoms with E-state index in [0.717, 1.165) is 28.5 Å². The third kappa shape index (κ3) is 17.3. The molecule has 68 heavy (non-hydrogen) atoms. The van der Waals surface area contributed by atoms with Crippen LogP contribution in [0, 0.1) is 11.6 Å². The largest absolute Gasteiger partial charge is 0.491 e. The second-order valence-corrected chi connectivity index (χ2v) is 16.2. The van der Waals surface area contributed by atoms with E-state index in [4.69, 9.17) is 53.5 Å². The Bertz CT molecular complexity index is 2630. The minimum atomic E-state index is -1.81. The summed E-state index contributed by atoms with van der Waals surface area (Å²) in [6.45, 7) is 1.79. The molecule has 0 fully saturated rings. The number of carbonyl (C=O) groups excluding carboxylic acids is 3. The molecule has 360 valence electrons. The number of hydrogen-bond acceptors (Lipinski definition) is 15. The summed E-state index contributed by atoms with van der Waals surface area (Å²) in [5.74, 6) is -4.55. The predicted molar refractivity (Wildman–Crippen MR) is 242 cm³/mol. The number of carboxylic acid groups (broad SMARTS) is 1. The number of amides is 2. The molecule has 9 N–H and O–H groups in total. The molecule has 2 aromatic heterocycles. The molecule has 26 heteroatoms. The molecule has 0 saturated carbocycles. The highest BCUT2D eigenvalue weighted by Gasteiger charge is 2.26. The number of aliphatic carboxylic acids is 1. The Morgan fingerprint density at radius 3 is 1.65 bits per heavy atom. The Morgan fingerprint density at radius 2 is 1.21 bits per heavy atom. The summed E-state index contributed by atoms with van der Waals surface area (Å²) in [7, 11) is -1.81. The van der Waals surface area contributed by atoms with Crippen molar-refractivity contribution in [2.24, 2.45) is 0 Å². The summed E-state index contributed by atoms with van der Waals surface area (Å²) in [5.41, 5.74) is 2.06. The van der Waals surface area contributed by atoms with Crippen molar-refractivity contribution >= 4 is 75.5 Å². The first-order valence-corrected chi connectivity index (χ1v) is 21.5. The van der Waals surface area contributed by atoms with E-state index in [2.05, 4.69) is 47.2 Å². The lowest BCUT2D eigenvalue weighted by atomic mass is 9.80. The van der Waals surface area contributed by atoms with Crippen LogP contribution < -0.4 is 16.1 Å². The first-order chi connectivity index (χ1) is 32.2. The van der Waals surface area contributed by atoms with Crippen LogP contribution in [0.2, 0.25) is 10.0 Å². The smallest absolute Gasteiger partial charge is 0.479 e. The average molecular weight is 1050 g/mol. The van der Waals surface area contributed by atoms with Crippen LogP contribution in [0.3, 0.4) is 0 Å². The highest BCUT2D eigenvalue weighted by Crippen LogP contribution is 2.27. The van der Waals surface area contributed by atoms with Gasteiger partial charge in [0.2, 0.25) is 0 Å². The van der Waals surface area contributed by atoms with Crippen LogP contribution in [0.4, 0.5) is 8.78 Å². The standard InChI is InChI=1S/C20H18ClFN4O5.C16H19BrN4O5.C6H5BClFO2/c21-13-5-6-16(22)15(8-13)12-3-1-11(2-4-12)7-14(9-18(27)20(29)30)23-19(28)17-10-26(31)25-24-17;1-2-26-16(24)14(22)8-12(7-10-3-5-11(17)6-4-10)18-15(23)13-9-21(25)20-19-13;8-4-1-2-6(9)5(3-4)7(10)11/h1-6,8,10,14,18,27,31H,7,9H2,(H,23,28)(H,29,30);3-6,9,12,14,22,25H,2,7-8H2,1H3,(H,18,23);1-3,10-11H/t14-,18-;12-,14-;/m11./s1. The number of hydrogen-bond donors (Lipinski definition) is 9. The van der Waals surface area contributed by atoms with Gasteiger partial charge in [0.15, 0.2) is 23.6 Å². The number of carboxylic acids is 1. The molecule has 0 aliphatic carbocycles. The molecular formula is C42H42BBrCl2F2N8O12. The van der Waals surface area contributed by atoms with Crippen molar-refractivity contribution in [2.45, 2.75) is 56.9 Å². The molecule has 0 radical (unpaired) electrons. The number of rotatable bonds is 17. The molecule has 0 aliphatic heterocycles. The molecule has 0 spiro atoms.